The van der Waals surface area contributed by atoms with Crippen molar-refractivity contribution in [3.63, 3.8) is 0 Å². The molecule has 4 atom stereocenters. The number of carbonyl (C=O) groups is 1. The maximum atomic E-state index is 12.7. The number of aryl methyl sites for hydroxylation is 2. The van der Waals surface area contributed by atoms with Crippen molar-refractivity contribution in [2.24, 2.45) is 5.92 Å². The second-order valence-corrected chi connectivity index (χ2v) is 15.4. The van der Waals surface area contributed by atoms with Crippen LogP contribution in [0.5, 0.6) is 0 Å². The van der Waals surface area contributed by atoms with Gasteiger partial charge >= 0.3 is 0 Å². The fourth-order valence-corrected chi connectivity index (χ4v) is 8.89. The summed E-state index contributed by atoms with van der Waals surface area (Å²) in [5.74, 6) is 0.512. The number of nitrogens with zero attached hydrogens (tertiary/aromatic N) is 4. The maximum absolute atomic E-state index is 12.7. The van der Waals surface area contributed by atoms with Gasteiger partial charge in [-0.1, -0.05) is 37.1 Å². The van der Waals surface area contributed by atoms with E-state index in [1.807, 2.05) is 28.9 Å². The zero-order chi connectivity index (χ0) is 26.4. The van der Waals surface area contributed by atoms with Crippen LogP contribution >= 0.6 is 0 Å². The summed E-state index contributed by atoms with van der Waals surface area (Å²) in [5, 5.41) is 17.4. The topological polar surface area (TPSA) is 101 Å². The van der Waals surface area contributed by atoms with Gasteiger partial charge in [-0.15, -0.1) is 5.10 Å². The molecule has 2 aliphatic rings. The van der Waals surface area contributed by atoms with Gasteiger partial charge in [0.15, 0.2) is 8.32 Å². The molecule has 4 rings (SSSR count). The lowest BCUT2D eigenvalue weighted by Gasteiger charge is -2.30. The Morgan fingerprint density at radius 3 is 2.70 bits per heavy atom. The van der Waals surface area contributed by atoms with Crippen LogP contribution in [0.2, 0.25) is 18.6 Å². The van der Waals surface area contributed by atoms with Gasteiger partial charge in [0.2, 0.25) is 5.91 Å². The SMILES string of the molecule is C[C@@H]1[C@@H]([Si](C)(C)O)[C@H](CCn2cc(CCO)nn2)O[C@@H]1CCc1cccc(N2CCCCCCC2=O)c1. The smallest absolute Gasteiger partial charge is 0.226 e. The summed E-state index contributed by atoms with van der Waals surface area (Å²) in [6, 6.07) is 8.44. The molecule has 2 saturated heterocycles. The van der Waals surface area contributed by atoms with E-state index in [1.54, 1.807) is 0 Å². The number of hydrogen-bond donors (Lipinski definition) is 2. The second kappa shape index (κ2) is 12.6. The summed E-state index contributed by atoms with van der Waals surface area (Å²) in [5.41, 5.74) is 3.18. The van der Waals surface area contributed by atoms with E-state index in [1.165, 1.54) is 12.0 Å². The minimum Gasteiger partial charge on any atom is -0.432 e. The third-order valence-corrected chi connectivity index (χ3v) is 10.6. The number of aliphatic hydroxyl groups is 1. The van der Waals surface area contributed by atoms with Gasteiger partial charge in [0.25, 0.3) is 0 Å². The molecule has 0 bridgehead atoms. The predicted molar refractivity (Wildman–Crippen MR) is 147 cm³/mol. The van der Waals surface area contributed by atoms with Gasteiger partial charge < -0.3 is 19.5 Å². The normalized spacial score (nSPS) is 25.3. The van der Waals surface area contributed by atoms with Crippen molar-refractivity contribution in [1.29, 1.82) is 0 Å². The van der Waals surface area contributed by atoms with Crippen molar-refractivity contribution in [3.05, 3.63) is 41.7 Å². The number of hydrogen-bond acceptors (Lipinski definition) is 6. The van der Waals surface area contributed by atoms with E-state index in [0.717, 1.165) is 56.5 Å². The fourth-order valence-electron chi connectivity index (χ4n) is 6.24. The molecule has 1 aromatic heterocycles. The third-order valence-electron chi connectivity index (χ3n) is 8.08. The molecule has 3 heterocycles. The first kappa shape index (κ1) is 27.9. The summed E-state index contributed by atoms with van der Waals surface area (Å²) in [6.45, 7) is 7.81. The van der Waals surface area contributed by atoms with E-state index in [4.69, 9.17) is 9.84 Å². The number of aromatic nitrogens is 3. The molecule has 2 aromatic rings. The van der Waals surface area contributed by atoms with Gasteiger partial charge in [-0.25, -0.2) is 0 Å². The van der Waals surface area contributed by atoms with Crippen molar-refractivity contribution in [1.82, 2.24) is 15.0 Å². The van der Waals surface area contributed by atoms with E-state index in [2.05, 4.69) is 41.5 Å². The third kappa shape index (κ3) is 7.28. The molecule has 37 heavy (non-hydrogen) atoms. The van der Waals surface area contributed by atoms with Crippen LogP contribution in [0.25, 0.3) is 0 Å². The molecule has 2 aliphatic heterocycles. The molecule has 0 radical (unpaired) electrons. The average Bonchev–Trinajstić information content (AvgIpc) is 3.42. The first-order valence-corrected chi connectivity index (χ1v) is 17.1. The molecule has 0 spiro atoms. The summed E-state index contributed by atoms with van der Waals surface area (Å²) in [6.07, 6.45) is 10.0. The number of aliphatic hydroxyl groups excluding tert-OH is 1. The van der Waals surface area contributed by atoms with Crippen LogP contribution in [-0.2, 0) is 28.9 Å². The Bertz CT molecular complexity index is 1020. The Hall–Kier alpha value is -2.07. The monoisotopic (exact) mass is 528 g/mol. The Kier molecular flexibility index (Phi) is 9.55. The zero-order valence-electron chi connectivity index (χ0n) is 22.7. The van der Waals surface area contributed by atoms with E-state index >= 15 is 0 Å². The molecule has 0 unspecified atom stereocenters. The van der Waals surface area contributed by atoms with Gasteiger partial charge in [0.1, 0.15) is 0 Å². The van der Waals surface area contributed by atoms with Gasteiger partial charge in [-0.2, -0.15) is 0 Å². The van der Waals surface area contributed by atoms with Crippen molar-refractivity contribution < 1.29 is 19.4 Å². The quantitative estimate of drug-likeness (QED) is 0.450. The number of benzene rings is 1. The van der Waals surface area contributed by atoms with E-state index in [0.29, 0.717) is 19.4 Å². The van der Waals surface area contributed by atoms with Crippen molar-refractivity contribution in [3.8, 4) is 0 Å². The number of rotatable bonds is 10. The highest BCUT2D eigenvalue weighted by Crippen LogP contribution is 2.45. The van der Waals surface area contributed by atoms with Crippen LogP contribution < -0.4 is 4.90 Å². The molecular weight excluding hydrogens is 484 g/mol. The lowest BCUT2D eigenvalue weighted by molar-refractivity contribution is -0.118. The molecule has 1 amide bonds. The van der Waals surface area contributed by atoms with Crippen LogP contribution in [0.15, 0.2) is 30.5 Å². The number of amides is 1. The summed E-state index contributed by atoms with van der Waals surface area (Å²) in [7, 11) is -2.44. The lowest BCUT2D eigenvalue weighted by Crippen LogP contribution is -2.40. The highest BCUT2D eigenvalue weighted by molar-refractivity contribution is 6.71. The highest BCUT2D eigenvalue weighted by atomic mass is 28.4. The Morgan fingerprint density at radius 2 is 1.92 bits per heavy atom. The number of anilines is 1. The van der Waals surface area contributed by atoms with Gasteiger partial charge in [0.05, 0.1) is 17.9 Å². The first-order chi connectivity index (χ1) is 17.8. The Balaban J connectivity index is 1.39. The zero-order valence-corrected chi connectivity index (χ0v) is 23.7. The first-order valence-electron chi connectivity index (χ1n) is 14.0. The van der Waals surface area contributed by atoms with Crippen molar-refractivity contribution in [2.45, 2.75) is 102 Å². The van der Waals surface area contributed by atoms with E-state index in [-0.39, 0.29) is 36.2 Å². The highest BCUT2D eigenvalue weighted by Gasteiger charge is 2.49. The van der Waals surface area contributed by atoms with Crippen LogP contribution in [0.4, 0.5) is 5.69 Å². The molecule has 0 saturated carbocycles. The van der Waals surface area contributed by atoms with Crippen LogP contribution in [0, 0.1) is 5.92 Å². The van der Waals surface area contributed by atoms with Crippen LogP contribution in [0.1, 0.15) is 63.1 Å². The Morgan fingerprint density at radius 1 is 1.11 bits per heavy atom. The average molecular weight is 529 g/mol. The minimum absolute atomic E-state index is 0.0119. The van der Waals surface area contributed by atoms with Gasteiger partial charge in [-0.3, -0.25) is 9.48 Å². The molecule has 204 valence electrons. The second-order valence-electron chi connectivity index (χ2n) is 11.4. The van der Waals surface area contributed by atoms with Crippen molar-refractivity contribution in [2.75, 3.05) is 18.1 Å². The minimum atomic E-state index is -2.44. The van der Waals surface area contributed by atoms with Crippen molar-refractivity contribution >= 4 is 19.9 Å². The van der Waals surface area contributed by atoms with E-state index < -0.39 is 8.32 Å². The molecule has 2 N–H and O–H groups in total. The molecular formula is C28H44N4O4Si. The van der Waals surface area contributed by atoms with Crippen LogP contribution in [0.3, 0.4) is 0 Å². The lowest BCUT2D eigenvalue weighted by atomic mass is 9.95. The summed E-state index contributed by atoms with van der Waals surface area (Å²) >= 11 is 0. The standard InChI is InChI=1S/C28H44N4O4Si/c1-21-25(13-12-22-9-8-10-24(19-22)32-16-7-5-4-6-11-27(32)34)36-26(28(21)37(2,3)35)14-17-31-20-23(15-18-33)29-30-31/h8-10,19-21,25-26,28,33,35H,4-7,11-18H2,1-3H3/t21-,25+,26-,28+/m0/s1. The summed E-state index contributed by atoms with van der Waals surface area (Å²) in [4.78, 5) is 25.8. The van der Waals surface area contributed by atoms with E-state index in [9.17, 15) is 9.59 Å². The maximum Gasteiger partial charge on any atom is 0.226 e. The Labute approximate surface area is 222 Å². The molecule has 0 aliphatic carbocycles. The van der Waals surface area contributed by atoms with Gasteiger partial charge in [0, 0.05) is 50.0 Å². The fraction of sp³-hybridized carbons (Fsp3) is 0.679. The van der Waals surface area contributed by atoms with Crippen LogP contribution in [-0.4, -0.2) is 64.5 Å². The summed E-state index contributed by atoms with van der Waals surface area (Å²) < 4.78 is 8.43. The number of carbonyl (C=O) groups excluding carboxylic acids is 1. The molecule has 9 heteroatoms. The number of ether oxygens (including phenoxy) is 1. The molecule has 1 aromatic carbocycles. The molecule has 2 fully saturated rings. The predicted octanol–water partition coefficient (Wildman–Crippen LogP) is 4.10. The largest absolute Gasteiger partial charge is 0.432 e. The van der Waals surface area contributed by atoms with Gasteiger partial charge in [-0.05, 0) is 68.8 Å². The molecule has 8 nitrogen and oxygen atoms in total.